The number of halogens is 2. The Labute approximate surface area is 183 Å². The van der Waals surface area contributed by atoms with E-state index < -0.39 is 0 Å². The Hall–Kier alpha value is -3.12. The average molecular weight is 438 g/mol. The Bertz CT molecular complexity index is 1250. The third kappa shape index (κ3) is 4.08. The van der Waals surface area contributed by atoms with Crippen LogP contribution in [0.1, 0.15) is 46.5 Å². The topological polar surface area (TPSA) is 62.1 Å². The van der Waals surface area contributed by atoms with Crippen molar-refractivity contribution < 1.29 is 13.6 Å². The molecule has 1 aliphatic heterocycles. The molecule has 0 bridgehead atoms. The van der Waals surface area contributed by atoms with E-state index in [9.17, 15) is 9.18 Å². The van der Waals surface area contributed by atoms with Crippen molar-refractivity contribution in [3.8, 4) is 0 Å². The van der Waals surface area contributed by atoms with Gasteiger partial charge in [-0.2, -0.15) is 0 Å². The molecule has 0 aliphatic carbocycles. The van der Waals surface area contributed by atoms with Crippen molar-refractivity contribution in [3.05, 3.63) is 88.5 Å². The summed E-state index contributed by atoms with van der Waals surface area (Å²) in [5.74, 6) is 1.03. The molecule has 0 spiro atoms. The smallest absolute Gasteiger partial charge is 0.270 e. The van der Waals surface area contributed by atoms with Crippen molar-refractivity contribution >= 4 is 28.4 Å². The zero-order valence-corrected chi connectivity index (χ0v) is 17.5. The summed E-state index contributed by atoms with van der Waals surface area (Å²) >= 11 is 6.25. The van der Waals surface area contributed by atoms with Gasteiger partial charge in [0, 0.05) is 35.4 Å². The molecule has 1 fully saturated rings. The maximum atomic E-state index is 13.5. The molecule has 1 saturated heterocycles. The van der Waals surface area contributed by atoms with Crippen LogP contribution in [0.5, 0.6) is 0 Å². The van der Waals surface area contributed by atoms with Crippen LogP contribution in [0.15, 0.2) is 59.1 Å². The zero-order chi connectivity index (χ0) is 21.4. The quantitative estimate of drug-likeness (QED) is 0.454. The van der Waals surface area contributed by atoms with Gasteiger partial charge in [-0.3, -0.25) is 4.79 Å². The van der Waals surface area contributed by atoms with Crippen molar-refractivity contribution in [2.24, 2.45) is 0 Å². The van der Waals surface area contributed by atoms with Crippen molar-refractivity contribution in [1.82, 2.24) is 14.9 Å². The highest BCUT2D eigenvalue weighted by Gasteiger charge is 2.29. The van der Waals surface area contributed by atoms with Crippen molar-refractivity contribution in [2.45, 2.75) is 25.2 Å². The molecule has 2 aromatic carbocycles. The van der Waals surface area contributed by atoms with Crippen molar-refractivity contribution in [1.29, 1.82) is 0 Å². The van der Waals surface area contributed by atoms with Crippen LogP contribution >= 0.6 is 11.6 Å². The lowest BCUT2D eigenvalue weighted by Crippen LogP contribution is -2.39. The van der Waals surface area contributed by atoms with E-state index in [0.717, 1.165) is 29.7 Å². The minimum Gasteiger partial charge on any atom is -0.445 e. The second-order valence-corrected chi connectivity index (χ2v) is 8.35. The van der Waals surface area contributed by atoms with Gasteiger partial charge in [-0.25, -0.2) is 9.37 Å². The summed E-state index contributed by atoms with van der Waals surface area (Å²) in [6, 6.07) is 13.8. The lowest BCUT2D eigenvalue weighted by Gasteiger charge is -2.31. The lowest BCUT2D eigenvalue weighted by atomic mass is 9.97. The standard InChI is InChI=1S/C24H21ClFN3O2/c25-20-6-2-1-4-15(20)11-19-13-27-23(31-19)16-5-3-9-29(14-16)24(30)22-12-17-10-18(26)7-8-21(17)28-22/h1-2,4,6-8,10,12-13,16,28H,3,5,9,11,14H2. The summed E-state index contributed by atoms with van der Waals surface area (Å²) in [5, 5.41) is 1.39. The number of rotatable bonds is 4. The molecule has 0 radical (unpaired) electrons. The minimum atomic E-state index is -0.319. The minimum absolute atomic E-state index is 0.0412. The molecule has 31 heavy (non-hydrogen) atoms. The molecule has 4 aromatic rings. The predicted molar refractivity (Wildman–Crippen MR) is 117 cm³/mol. The Morgan fingerprint density at radius 2 is 2.13 bits per heavy atom. The van der Waals surface area contributed by atoms with Crippen LogP contribution in [0, 0.1) is 5.82 Å². The Morgan fingerprint density at radius 3 is 3.00 bits per heavy atom. The highest BCUT2D eigenvalue weighted by atomic mass is 35.5. The second kappa shape index (κ2) is 8.19. The van der Waals surface area contributed by atoms with Gasteiger partial charge in [0.15, 0.2) is 5.89 Å². The van der Waals surface area contributed by atoms with E-state index in [4.69, 9.17) is 16.0 Å². The summed E-state index contributed by atoms with van der Waals surface area (Å²) in [6.07, 6.45) is 4.10. The van der Waals surface area contributed by atoms with Gasteiger partial charge in [0.2, 0.25) is 0 Å². The van der Waals surface area contributed by atoms with Crippen LogP contribution in [0.3, 0.4) is 0 Å². The number of likely N-dealkylation sites (tertiary alicyclic amines) is 1. The van der Waals surface area contributed by atoms with Gasteiger partial charge in [0.1, 0.15) is 17.3 Å². The average Bonchev–Trinajstić information content (AvgIpc) is 3.42. The lowest BCUT2D eigenvalue weighted by molar-refractivity contribution is 0.0693. The van der Waals surface area contributed by atoms with E-state index >= 15 is 0 Å². The number of aromatic amines is 1. The second-order valence-electron chi connectivity index (χ2n) is 7.94. The molecule has 5 nitrogen and oxygen atoms in total. The largest absolute Gasteiger partial charge is 0.445 e. The third-order valence-corrected chi connectivity index (χ3v) is 6.13. The number of oxazole rings is 1. The highest BCUT2D eigenvalue weighted by molar-refractivity contribution is 6.31. The van der Waals surface area contributed by atoms with Crippen molar-refractivity contribution in [3.63, 3.8) is 0 Å². The molecule has 1 atom stereocenters. The highest BCUT2D eigenvalue weighted by Crippen LogP contribution is 2.29. The number of H-pyrrole nitrogens is 1. The number of hydrogen-bond acceptors (Lipinski definition) is 3. The number of piperidine rings is 1. The summed E-state index contributed by atoms with van der Waals surface area (Å²) in [4.78, 5) is 22.4. The van der Waals surface area contributed by atoms with Gasteiger partial charge >= 0.3 is 0 Å². The molecule has 3 heterocycles. The third-order valence-electron chi connectivity index (χ3n) is 5.77. The molecule has 5 rings (SSSR count). The summed E-state index contributed by atoms with van der Waals surface area (Å²) in [6.45, 7) is 1.21. The van der Waals surface area contributed by atoms with Crippen LogP contribution in [-0.2, 0) is 6.42 Å². The number of fused-ring (bicyclic) bond motifs is 1. The molecular formula is C24H21ClFN3O2. The van der Waals surface area contributed by atoms with Gasteiger partial charge in [0.25, 0.3) is 5.91 Å². The normalized spacial score (nSPS) is 16.7. The number of nitrogens with zero attached hydrogens (tertiary/aromatic N) is 2. The first-order valence-electron chi connectivity index (χ1n) is 10.3. The molecule has 1 amide bonds. The molecule has 158 valence electrons. The Balaban J connectivity index is 1.30. The molecule has 1 N–H and O–H groups in total. The maximum absolute atomic E-state index is 13.5. The number of benzene rings is 2. The van der Waals surface area contributed by atoms with E-state index in [-0.39, 0.29) is 17.6 Å². The predicted octanol–water partition coefficient (Wildman–Crippen LogP) is 5.56. The summed E-state index contributed by atoms with van der Waals surface area (Å²) < 4.78 is 19.5. The Morgan fingerprint density at radius 1 is 1.26 bits per heavy atom. The van der Waals surface area contributed by atoms with Crippen LogP contribution in [0.4, 0.5) is 4.39 Å². The SMILES string of the molecule is O=C(c1cc2cc(F)ccc2[nH]1)N1CCCC(c2ncc(Cc3ccccc3Cl)o2)C1. The number of hydrogen-bond donors (Lipinski definition) is 1. The zero-order valence-electron chi connectivity index (χ0n) is 16.8. The number of carbonyl (C=O) groups excluding carboxylic acids is 1. The van der Waals surface area contributed by atoms with E-state index in [0.29, 0.717) is 41.5 Å². The summed E-state index contributed by atoms with van der Waals surface area (Å²) in [7, 11) is 0. The van der Waals surface area contributed by atoms with Crippen LogP contribution in [0.25, 0.3) is 10.9 Å². The van der Waals surface area contributed by atoms with Gasteiger partial charge in [-0.1, -0.05) is 29.8 Å². The number of amides is 1. The van der Waals surface area contributed by atoms with Gasteiger partial charge < -0.3 is 14.3 Å². The molecule has 1 unspecified atom stereocenters. The molecule has 2 aromatic heterocycles. The van der Waals surface area contributed by atoms with Crippen LogP contribution < -0.4 is 0 Å². The van der Waals surface area contributed by atoms with Crippen LogP contribution in [-0.4, -0.2) is 33.9 Å². The van der Waals surface area contributed by atoms with Gasteiger partial charge in [-0.05, 0) is 48.7 Å². The summed E-state index contributed by atoms with van der Waals surface area (Å²) in [5.41, 5.74) is 2.20. The van der Waals surface area contributed by atoms with E-state index in [1.54, 1.807) is 18.3 Å². The fourth-order valence-electron chi connectivity index (χ4n) is 4.17. The number of carbonyl (C=O) groups is 1. The van der Waals surface area contributed by atoms with Gasteiger partial charge in [-0.15, -0.1) is 0 Å². The van der Waals surface area contributed by atoms with Gasteiger partial charge in [0.05, 0.1) is 12.1 Å². The molecular weight excluding hydrogens is 417 g/mol. The fraction of sp³-hybridized carbons (Fsp3) is 0.250. The Kier molecular flexibility index (Phi) is 5.24. The van der Waals surface area contributed by atoms with E-state index in [1.807, 2.05) is 29.2 Å². The first-order valence-corrected chi connectivity index (χ1v) is 10.7. The van der Waals surface area contributed by atoms with E-state index in [2.05, 4.69) is 9.97 Å². The van der Waals surface area contributed by atoms with Crippen LogP contribution in [0.2, 0.25) is 5.02 Å². The fourth-order valence-corrected chi connectivity index (χ4v) is 4.38. The first-order chi connectivity index (χ1) is 15.1. The maximum Gasteiger partial charge on any atom is 0.270 e. The molecule has 7 heteroatoms. The van der Waals surface area contributed by atoms with Crippen molar-refractivity contribution in [2.75, 3.05) is 13.1 Å². The number of nitrogens with one attached hydrogen (secondary N) is 1. The van der Waals surface area contributed by atoms with E-state index in [1.165, 1.54) is 12.1 Å². The monoisotopic (exact) mass is 437 g/mol. The first kappa shape index (κ1) is 19.8. The number of aromatic nitrogens is 2. The molecule has 0 saturated carbocycles. The molecule has 1 aliphatic rings.